The van der Waals surface area contributed by atoms with Crippen LogP contribution in [0.15, 0.2) is 24.3 Å². The lowest BCUT2D eigenvalue weighted by Crippen LogP contribution is -2.53. The van der Waals surface area contributed by atoms with E-state index in [1.807, 2.05) is 29.2 Å². The molecule has 0 saturated carbocycles. The van der Waals surface area contributed by atoms with Gasteiger partial charge in [0, 0.05) is 37.9 Å². The third kappa shape index (κ3) is 4.33. The standard InChI is InChI=1S/C18H27N3O3S/c1-14(2)16-5-3-4-6-17(16)19-18(22)21-10-8-20(9-11-21)15-7-12-25(23,24)13-15/h3-6,14-15H,7-13H2,1-2H3,(H,19,22). The number of hydrogen-bond donors (Lipinski definition) is 1. The highest BCUT2D eigenvalue weighted by molar-refractivity contribution is 7.91. The Balaban J connectivity index is 1.56. The molecule has 3 rings (SSSR count). The van der Waals surface area contributed by atoms with E-state index in [4.69, 9.17) is 0 Å². The number of sulfone groups is 1. The summed E-state index contributed by atoms with van der Waals surface area (Å²) >= 11 is 0. The molecule has 1 aromatic carbocycles. The summed E-state index contributed by atoms with van der Waals surface area (Å²) in [6.07, 6.45) is 0.719. The molecule has 2 aliphatic rings. The Kier molecular flexibility index (Phi) is 5.34. The lowest BCUT2D eigenvalue weighted by atomic mass is 10.0. The molecule has 1 N–H and O–H groups in total. The van der Waals surface area contributed by atoms with Crippen LogP contribution < -0.4 is 5.32 Å². The van der Waals surface area contributed by atoms with Crippen LogP contribution in [0, 0.1) is 0 Å². The van der Waals surface area contributed by atoms with Gasteiger partial charge in [-0.05, 0) is 24.0 Å². The number of piperazine rings is 1. The number of hydrogen-bond acceptors (Lipinski definition) is 4. The molecule has 2 amide bonds. The minimum Gasteiger partial charge on any atom is -0.322 e. The highest BCUT2D eigenvalue weighted by atomic mass is 32.2. The molecule has 1 atom stereocenters. The topological polar surface area (TPSA) is 69.7 Å². The molecular formula is C18H27N3O3S. The smallest absolute Gasteiger partial charge is 0.321 e. The van der Waals surface area contributed by atoms with E-state index in [0.717, 1.165) is 30.8 Å². The van der Waals surface area contributed by atoms with Crippen molar-refractivity contribution in [1.82, 2.24) is 9.80 Å². The van der Waals surface area contributed by atoms with Gasteiger partial charge >= 0.3 is 6.03 Å². The molecule has 0 bridgehead atoms. The van der Waals surface area contributed by atoms with E-state index in [2.05, 4.69) is 24.1 Å². The van der Waals surface area contributed by atoms with Crippen LogP contribution in [0.4, 0.5) is 10.5 Å². The minimum atomic E-state index is -2.86. The summed E-state index contributed by atoms with van der Waals surface area (Å²) in [5.41, 5.74) is 2.00. The number of rotatable bonds is 3. The molecule has 2 heterocycles. The van der Waals surface area contributed by atoms with Crippen LogP contribution in [0.5, 0.6) is 0 Å². The minimum absolute atomic E-state index is 0.0770. The second-order valence-electron chi connectivity index (χ2n) is 7.25. The molecule has 0 spiro atoms. The molecule has 0 aromatic heterocycles. The first-order valence-corrected chi connectivity index (χ1v) is 10.8. The molecule has 138 valence electrons. The van der Waals surface area contributed by atoms with Crippen molar-refractivity contribution >= 4 is 21.6 Å². The van der Waals surface area contributed by atoms with E-state index in [-0.39, 0.29) is 17.8 Å². The Bertz CT molecular complexity index is 725. The van der Waals surface area contributed by atoms with Crippen molar-refractivity contribution in [2.24, 2.45) is 0 Å². The summed E-state index contributed by atoms with van der Waals surface area (Å²) < 4.78 is 23.3. The Labute approximate surface area is 150 Å². The van der Waals surface area contributed by atoms with Crippen LogP contribution in [0.25, 0.3) is 0 Å². The van der Waals surface area contributed by atoms with Gasteiger partial charge in [-0.1, -0.05) is 32.0 Å². The van der Waals surface area contributed by atoms with Crippen LogP contribution >= 0.6 is 0 Å². The number of urea groups is 1. The lowest BCUT2D eigenvalue weighted by molar-refractivity contribution is 0.121. The fourth-order valence-corrected chi connectivity index (χ4v) is 5.42. The number of nitrogens with one attached hydrogen (secondary N) is 1. The molecule has 1 unspecified atom stereocenters. The van der Waals surface area contributed by atoms with Crippen molar-refractivity contribution in [3.63, 3.8) is 0 Å². The van der Waals surface area contributed by atoms with Crippen LogP contribution in [0.1, 0.15) is 31.7 Å². The monoisotopic (exact) mass is 365 g/mol. The average molecular weight is 365 g/mol. The maximum atomic E-state index is 12.6. The number of amides is 2. The van der Waals surface area contributed by atoms with Gasteiger partial charge in [-0.2, -0.15) is 0 Å². The van der Waals surface area contributed by atoms with Gasteiger partial charge in [-0.15, -0.1) is 0 Å². The lowest BCUT2D eigenvalue weighted by Gasteiger charge is -2.37. The number of nitrogens with zero attached hydrogens (tertiary/aromatic N) is 2. The van der Waals surface area contributed by atoms with E-state index < -0.39 is 9.84 Å². The number of benzene rings is 1. The third-order valence-corrected chi connectivity index (χ3v) is 6.90. The van der Waals surface area contributed by atoms with Gasteiger partial charge in [0.2, 0.25) is 0 Å². The zero-order chi connectivity index (χ0) is 18.0. The van der Waals surface area contributed by atoms with Gasteiger partial charge < -0.3 is 10.2 Å². The first kappa shape index (κ1) is 18.2. The maximum Gasteiger partial charge on any atom is 0.321 e. The number of carbonyl (C=O) groups is 1. The predicted octanol–water partition coefficient (Wildman–Crippen LogP) is 2.15. The molecule has 25 heavy (non-hydrogen) atoms. The van der Waals surface area contributed by atoms with Gasteiger partial charge in [0.15, 0.2) is 9.84 Å². The molecule has 0 aliphatic carbocycles. The quantitative estimate of drug-likeness (QED) is 0.891. The van der Waals surface area contributed by atoms with Gasteiger partial charge in [0.1, 0.15) is 0 Å². The molecule has 0 radical (unpaired) electrons. The second-order valence-corrected chi connectivity index (χ2v) is 9.48. The molecule has 2 aliphatic heterocycles. The van der Waals surface area contributed by atoms with Crippen LogP contribution in [0.3, 0.4) is 0 Å². The fraction of sp³-hybridized carbons (Fsp3) is 0.611. The van der Waals surface area contributed by atoms with Crippen LogP contribution in [-0.2, 0) is 9.84 Å². The highest BCUT2D eigenvalue weighted by Gasteiger charge is 2.34. The average Bonchev–Trinajstić information content (AvgIpc) is 2.95. The molecular weight excluding hydrogens is 338 g/mol. The summed E-state index contributed by atoms with van der Waals surface area (Å²) in [6, 6.07) is 7.94. The van der Waals surface area contributed by atoms with E-state index in [1.54, 1.807) is 0 Å². The summed E-state index contributed by atoms with van der Waals surface area (Å²) in [5, 5.41) is 3.03. The number of carbonyl (C=O) groups excluding carboxylic acids is 1. The SMILES string of the molecule is CC(C)c1ccccc1NC(=O)N1CCN(C2CCS(=O)(=O)C2)CC1. The van der Waals surface area contributed by atoms with E-state index in [1.165, 1.54) is 0 Å². The van der Waals surface area contributed by atoms with Crippen molar-refractivity contribution in [3.8, 4) is 0 Å². The number of para-hydroxylation sites is 1. The molecule has 6 nitrogen and oxygen atoms in total. The fourth-order valence-electron chi connectivity index (χ4n) is 3.66. The van der Waals surface area contributed by atoms with Gasteiger partial charge in [0.05, 0.1) is 11.5 Å². The summed E-state index contributed by atoms with van der Waals surface area (Å²) in [4.78, 5) is 16.6. The van der Waals surface area contributed by atoms with Crippen molar-refractivity contribution in [1.29, 1.82) is 0 Å². The zero-order valence-corrected chi connectivity index (χ0v) is 15.8. The largest absolute Gasteiger partial charge is 0.322 e. The number of anilines is 1. The van der Waals surface area contributed by atoms with Gasteiger partial charge in [-0.25, -0.2) is 13.2 Å². The first-order valence-electron chi connectivity index (χ1n) is 8.95. The maximum absolute atomic E-state index is 12.6. The predicted molar refractivity (Wildman–Crippen MR) is 99.8 cm³/mol. The Hall–Kier alpha value is -1.60. The third-order valence-electron chi connectivity index (χ3n) is 5.15. The summed E-state index contributed by atoms with van der Waals surface area (Å²) in [6.45, 7) is 6.95. The molecule has 1 aromatic rings. The van der Waals surface area contributed by atoms with Crippen molar-refractivity contribution < 1.29 is 13.2 Å². The van der Waals surface area contributed by atoms with E-state index in [0.29, 0.717) is 24.8 Å². The van der Waals surface area contributed by atoms with Crippen molar-refractivity contribution in [2.75, 3.05) is 43.0 Å². The van der Waals surface area contributed by atoms with Gasteiger partial charge in [-0.3, -0.25) is 4.90 Å². The highest BCUT2D eigenvalue weighted by Crippen LogP contribution is 2.24. The zero-order valence-electron chi connectivity index (χ0n) is 14.9. The Morgan fingerprint density at radius 2 is 1.84 bits per heavy atom. The Morgan fingerprint density at radius 3 is 2.44 bits per heavy atom. The Morgan fingerprint density at radius 1 is 1.16 bits per heavy atom. The molecule has 2 fully saturated rings. The first-order chi connectivity index (χ1) is 11.9. The summed E-state index contributed by atoms with van der Waals surface area (Å²) in [5.74, 6) is 0.906. The van der Waals surface area contributed by atoms with Crippen molar-refractivity contribution in [3.05, 3.63) is 29.8 Å². The molecule has 2 saturated heterocycles. The van der Waals surface area contributed by atoms with Crippen LogP contribution in [0.2, 0.25) is 0 Å². The van der Waals surface area contributed by atoms with Crippen molar-refractivity contribution in [2.45, 2.75) is 32.2 Å². The van der Waals surface area contributed by atoms with Crippen LogP contribution in [-0.4, -0.2) is 68.0 Å². The molecule has 7 heteroatoms. The van der Waals surface area contributed by atoms with E-state index >= 15 is 0 Å². The summed E-state index contributed by atoms with van der Waals surface area (Å²) in [7, 11) is -2.86. The second kappa shape index (κ2) is 7.33. The van der Waals surface area contributed by atoms with Gasteiger partial charge in [0.25, 0.3) is 0 Å². The normalized spacial score (nSPS) is 23.8. The van der Waals surface area contributed by atoms with E-state index in [9.17, 15) is 13.2 Å².